The van der Waals surface area contributed by atoms with Crippen molar-refractivity contribution >= 4 is 5.91 Å². The summed E-state index contributed by atoms with van der Waals surface area (Å²) in [6, 6.07) is 7.63. The summed E-state index contributed by atoms with van der Waals surface area (Å²) in [5.41, 5.74) is 2.07. The highest BCUT2D eigenvalue weighted by Crippen LogP contribution is 2.14. The minimum atomic E-state index is -0.530. The normalized spacial score (nSPS) is 11.8. The SMILES string of the molecule is C=C(C)COCCNC(=O)C(C)Oc1cccc(C)c1. The van der Waals surface area contributed by atoms with Crippen molar-refractivity contribution in [3.63, 3.8) is 0 Å². The van der Waals surface area contributed by atoms with Crippen molar-refractivity contribution in [2.45, 2.75) is 26.9 Å². The van der Waals surface area contributed by atoms with Crippen LogP contribution < -0.4 is 10.1 Å². The zero-order chi connectivity index (χ0) is 15.0. The number of hydrogen-bond acceptors (Lipinski definition) is 3. The lowest BCUT2D eigenvalue weighted by molar-refractivity contribution is -0.127. The van der Waals surface area contributed by atoms with Crippen molar-refractivity contribution in [3.05, 3.63) is 42.0 Å². The van der Waals surface area contributed by atoms with Crippen molar-refractivity contribution in [1.29, 1.82) is 0 Å². The van der Waals surface area contributed by atoms with E-state index in [9.17, 15) is 4.79 Å². The van der Waals surface area contributed by atoms with Gasteiger partial charge in [0.2, 0.25) is 0 Å². The molecule has 0 saturated carbocycles. The molecule has 0 aliphatic carbocycles. The minimum absolute atomic E-state index is 0.148. The number of nitrogens with one attached hydrogen (secondary N) is 1. The number of benzene rings is 1. The van der Waals surface area contributed by atoms with Gasteiger partial charge >= 0.3 is 0 Å². The fourth-order valence-electron chi connectivity index (χ4n) is 1.58. The smallest absolute Gasteiger partial charge is 0.260 e. The molecule has 0 bridgehead atoms. The molecule has 0 aliphatic heterocycles. The molecule has 1 aromatic rings. The average molecular weight is 277 g/mol. The number of amides is 1. The lowest BCUT2D eigenvalue weighted by atomic mass is 10.2. The molecule has 0 heterocycles. The van der Waals surface area contributed by atoms with Gasteiger partial charge in [0.1, 0.15) is 5.75 Å². The molecule has 0 aliphatic rings. The molecule has 1 aromatic carbocycles. The Kier molecular flexibility index (Phi) is 6.81. The summed E-state index contributed by atoms with van der Waals surface area (Å²) in [5, 5.41) is 2.77. The van der Waals surface area contributed by atoms with Crippen LogP contribution in [0.5, 0.6) is 5.75 Å². The number of carbonyl (C=O) groups excluding carboxylic acids is 1. The van der Waals surface area contributed by atoms with E-state index in [0.29, 0.717) is 25.5 Å². The Hall–Kier alpha value is -1.81. The molecule has 1 amide bonds. The van der Waals surface area contributed by atoms with Gasteiger partial charge in [0.05, 0.1) is 13.2 Å². The standard InChI is InChI=1S/C16H23NO3/c1-12(2)11-19-9-8-17-16(18)14(4)20-15-7-5-6-13(3)10-15/h5-7,10,14H,1,8-9,11H2,2-4H3,(H,17,18). The lowest BCUT2D eigenvalue weighted by Gasteiger charge is -2.15. The summed E-state index contributed by atoms with van der Waals surface area (Å²) in [5.74, 6) is 0.552. The molecule has 20 heavy (non-hydrogen) atoms. The molecular weight excluding hydrogens is 254 g/mol. The van der Waals surface area contributed by atoms with Crippen molar-refractivity contribution in [2.24, 2.45) is 0 Å². The van der Waals surface area contributed by atoms with Gasteiger partial charge in [-0.05, 0) is 38.5 Å². The second kappa shape index (κ2) is 8.38. The summed E-state index contributed by atoms with van der Waals surface area (Å²) >= 11 is 0. The minimum Gasteiger partial charge on any atom is -0.481 e. The van der Waals surface area contributed by atoms with Gasteiger partial charge in [0.25, 0.3) is 5.91 Å². The van der Waals surface area contributed by atoms with E-state index in [1.54, 1.807) is 6.92 Å². The Morgan fingerprint density at radius 2 is 2.20 bits per heavy atom. The highest BCUT2D eigenvalue weighted by atomic mass is 16.5. The molecule has 0 saturated heterocycles. The van der Waals surface area contributed by atoms with E-state index >= 15 is 0 Å². The van der Waals surface area contributed by atoms with Crippen LogP contribution in [-0.2, 0) is 9.53 Å². The molecule has 0 aromatic heterocycles. The highest BCUT2D eigenvalue weighted by Gasteiger charge is 2.13. The molecule has 1 N–H and O–H groups in total. The summed E-state index contributed by atoms with van der Waals surface area (Å²) in [7, 11) is 0. The van der Waals surface area contributed by atoms with Gasteiger partial charge in [0, 0.05) is 6.54 Å². The van der Waals surface area contributed by atoms with Gasteiger partial charge in [-0.3, -0.25) is 4.79 Å². The topological polar surface area (TPSA) is 47.6 Å². The number of hydrogen-bond donors (Lipinski definition) is 1. The maximum atomic E-state index is 11.8. The maximum Gasteiger partial charge on any atom is 0.260 e. The van der Waals surface area contributed by atoms with Crippen LogP contribution in [0.2, 0.25) is 0 Å². The van der Waals surface area contributed by atoms with Gasteiger partial charge in [-0.15, -0.1) is 0 Å². The lowest BCUT2D eigenvalue weighted by Crippen LogP contribution is -2.38. The van der Waals surface area contributed by atoms with E-state index in [-0.39, 0.29) is 5.91 Å². The Morgan fingerprint density at radius 3 is 2.85 bits per heavy atom. The van der Waals surface area contributed by atoms with Crippen LogP contribution in [0.3, 0.4) is 0 Å². The van der Waals surface area contributed by atoms with Crippen molar-refractivity contribution in [1.82, 2.24) is 5.32 Å². The molecular formula is C16H23NO3. The van der Waals surface area contributed by atoms with Gasteiger partial charge in [-0.25, -0.2) is 0 Å². The largest absolute Gasteiger partial charge is 0.481 e. The van der Waals surface area contributed by atoms with E-state index in [4.69, 9.17) is 9.47 Å². The Balaban J connectivity index is 2.27. The van der Waals surface area contributed by atoms with Gasteiger partial charge in [-0.1, -0.05) is 24.3 Å². The molecule has 1 atom stereocenters. The van der Waals surface area contributed by atoms with Gasteiger partial charge in [-0.2, -0.15) is 0 Å². The van der Waals surface area contributed by atoms with Crippen LogP contribution in [0, 0.1) is 6.92 Å². The number of ether oxygens (including phenoxy) is 2. The zero-order valence-electron chi connectivity index (χ0n) is 12.4. The third kappa shape index (κ3) is 6.38. The second-order valence-corrected chi connectivity index (χ2v) is 4.88. The quantitative estimate of drug-likeness (QED) is 0.586. The van der Waals surface area contributed by atoms with E-state index < -0.39 is 6.10 Å². The fraction of sp³-hybridized carbons (Fsp3) is 0.438. The van der Waals surface area contributed by atoms with Crippen LogP contribution in [0.25, 0.3) is 0 Å². The Labute approximate surface area is 120 Å². The zero-order valence-corrected chi connectivity index (χ0v) is 12.4. The number of rotatable bonds is 8. The predicted molar refractivity (Wildman–Crippen MR) is 79.9 cm³/mol. The first-order valence-electron chi connectivity index (χ1n) is 6.72. The molecule has 110 valence electrons. The first-order valence-corrected chi connectivity index (χ1v) is 6.72. The monoisotopic (exact) mass is 277 g/mol. The highest BCUT2D eigenvalue weighted by molar-refractivity contribution is 5.80. The van der Waals surface area contributed by atoms with Gasteiger partial charge < -0.3 is 14.8 Å². The Bertz CT molecular complexity index is 457. The predicted octanol–water partition coefficient (Wildman–Crippen LogP) is 2.47. The molecule has 0 radical (unpaired) electrons. The number of aryl methyl sites for hydroxylation is 1. The summed E-state index contributed by atoms with van der Waals surface area (Å²) in [6.07, 6.45) is -0.530. The molecule has 0 spiro atoms. The molecule has 4 heteroatoms. The van der Waals surface area contributed by atoms with Crippen molar-refractivity contribution in [3.8, 4) is 5.75 Å². The first kappa shape index (κ1) is 16.2. The van der Waals surface area contributed by atoms with Crippen LogP contribution >= 0.6 is 0 Å². The summed E-state index contributed by atoms with van der Waals surface area (Å²) in [4.78, 5) is 11.8. The van der Waals surface area contributed by atoms with Crippen LogP contribution in [0.1, 0.15) is 19.4 Å². The summed E-state index contributed by atoms with van der Waals surface area (Å²) < 4.78 is 10.9. The van der Waals surface area contributed by atoms with Crippen molar-refractivity contribution in [2.75, 3.05) is 19.8 Å². The number of carbonyl (C=O) groups is 1. The average Bonchev–Trinajstić information content (AvgIpc) is 2.37. The molecule has 4 nitrogen and oxygen atoms in total. The summed E-state index contributed by atoms with van der Waals surface area (Å²) in [6.45, 7) is 10.8. The van der Waals surface area contributed by atoms with E-state index in [2.05, 4.69) is 11.9 Å². The maximum absolute atomic E-state index is 11.8. The third-order valence-electron chi connectivity index (χ3n) is 2.57. The van der Waals surface area contributed by atoms with E-state index in [1.807, 2.05) is 38.1 Å². The van der Waals surface area contributed by atoms with Gasteiger partial charge in [0.15, 0.2) is 6.10 Å². The van der Waals surface area contributed by atoms with E-state index in [1.165, 1.54) is 0 Å². The third-order valence-corrected chi connectivity index (χ3v) is 2.57. The van der Waals surface area contributed by atoms with Crippen LogP contribution in [0.15, 0.2) is 36.4 Å². The van der Waals surface area contributed by atoms with E-state index in [0.717, 1.165) is 11.1 Å². The molecule has 1 rings (SSSR count). The van der Waals surface area contributed by atoms with Crippen molar-refractivity contribution < 1.29 is 14.3 Å². The molecule has 0 fully saturated rings. The Morgan fingerprint density at radius 1 is 1.45 bits per heavy atom. The fourth-order valence-corrected chi connectivity index (χ4v) is 1.58. The first-order chi connectivity index (χ1) is 9.49. The van der Waals surface area contributed by atoms with Crippen LogP contribution in [-0.4, -0.2) is 31.8 Å². The van der Waals surface area contributed by atoms with Crippen LogP contribution in [0.4, 0.5) is 0 Å². The second-order valence-electron chi connectivity index (χ2n) is 4.88. The molecule has 1 unspecified atom stereocenters.